The normalized spacial score (nSPS) is 18.9. The lowest BCUT2D eigenvalue weighted by atomic mass is 9.84. The highest BCUT2D eigenvalue weighted by Crippen LogP contribution is 2.33. The largest absolute Gasteiger partial charge is 0.488 e. The van der Waals surface area contributed by atoms with Crippen LogP contribution in [0.25, 0.3) is 5.65 Å². The monoisotopic (exact) mass is 822 g/mol. The Labute approximate surface area is 327 Å². The molecule has 2 aliphatic rings. The number of imidazole rings is 1. The molecule has 306 valence electrons. The predicted octanol–water partition coefficient (Wildman–Crippen LogP) is 3.89. The van der Waals surface area contributed by atoms with Crippen molar-refractivity contribution in [3.8, 4) is 5.75 Å². The van der Waals surface area contributed by atoms with Crippen LogP contribution >= 0.6 is 11.3 Å². The average molecular weight is 823 g/mol. The Bertz CT molecular complexity index is 2100. The van der Waals surface area contributed by atoms with E-state index in [0.717, 1.165) is 29.9 Å². The van der Waals surface area contributed by atoms with Gasteiger partial charge in [0.15, 0.2) is 17.5 Å². The van der Waals surface area contributed by atoms with Gasteiger partial charge in [-0.05, 0) is 80.4 Å². The number of piperidine rings is 1. The molecule has 5 rings (SSSR count). The standard InChI is InChI=1S/C34H46N8O12S2/c1-32(2,3)52-30(45)38-29-36-23(19-55-29)25(27(43)37-26-28(44)42(34(26,7)8)54-56(47,48)49)39-51-15-14-50-21-11-12-24-35-22(18-41(24)17-21)20-10-9-13-40(16-20)31(46)53-33(4,5)6/h11-12,17-20,26H,9-10,13-16H2,1-8H3,(H,37,43)(H,36,38,45)(H,47,48,49)/b39-25-/t20?,26-/m1/s1. The van der Waals surface area contributed by atoms with Crippen LogP contribution in [0.2, 0.25) is 0 Å². The van der Waals surface area contributed by atoms with Gasteiger partial charge in [-0.15, -0.1) is 15.6 Å². The molecular weight excluding hydrogens is 777 g/mol. The Morgan fingerprint density at radius 3 is 2.43 bits per heavy atom. The summed E-state index contributed by atoms with van der Waals surface area (Å²) in [5.41, 5.74) is -1.63. The van der Waals surface area contributed by atoms with Crippen LogP contribution in [0, 0.1) is 0 Å². The number of aromatic nitrogens is 3. The van der Waals surface area contributed by atoms with Gasteiger partial charge in [0.05, 0.1) is 17.4 Å². The minimum atomic E-state index is -5.02. The molecular formula is C34H46N8O12S2. The first kappa shape index (κ1) is 42.1. The number of hydrogen-bond acceptors (Lipinski definition) is 15. The van der Waals surface area contributed by atoms with Crippen LogP contribution in [0.3, 0.4) is 0 Å². The number of anilines is 1. The number of carbonyl (C=O) groups excluding carboxylic acids is 4. The van der Waals surface area contributed by atoms with Gasteiger partial charge in [-0.2, -0.15) is 13.5 Å². The van der Waals surface area contributed by atoms with Crippen LogP contribution in [-0.2, 0) is 38.6 Å². The number of likely N-dealkylation sites (tertiary alicyclic amines) is 1. The molecule has 0 saturated carbocycles. The highest BCUT2D eigenvalue weighted by atomic mass is 32.3. The van der Waals surface area contributed by atoms with E-state index in [2.05, 4.69) is 25.1 Å². The maximum absolute atomic E-state index is 13.5. The number of rotatable bonds is 12. The summed E-state index contributed by atoms with van der Waals surface area (Å²) in [5.74, 6) is -1.35. The first-order valence-electron chi connectivity index (χ1n) is 17.6. The second kappa shape index (κ2) is 16.2. The zero-order chi connectivity index (χ0) is 41.2. The number of amides is 4. The number of β-lactam (4-membered cyclic amide) rings is 1. The van der Waals surface area contributed by atoms with Gasteiger partial charge in [0.1, 0.15) is 40.9 Å². The molecule has 2 atom stereocenters. The van der Waals surface area contributed by atoms with E-state index < -0.39 is 51.1 Å². The lowest BCUT2D eigenvalue weighted by Crippen LogP contribution is -2.76. The van der Waals surface area contributed by atoms with Gasteiger partial charge in [-0.25, -0.2) is 19.6 Å². The third-order valence-corrected chi connectivity index (χ3v) is 9.32. The number of carbonyl (C=O) groups is 4. The number of nitrogens with zero attached hydrogens (tertiary/aromatic N) is 6. The fourth-order valence-corrected chi connectivity index (χ4v) is 6.88. The van der Waals surface area contributed by atoms with Crippen LogP contribution in [0.4, 0.5) is 14.7 Å². The van der Waals surface area contributed by atoms with E-state index in [0.29, 0.717) is 29.5 Å². The van der Waals surface area contributed by atoms with Crippen molar-refractivity contribution in [3.63, 3.8) is 0 Å². The molecule has 4 amide bonds. The van der Waals surface area contributed by atoms with Crippen molar-refractivity contribution in [1.82, 2.24) is 29.6 Å². The van der Waals surface area contributed by atoms with Gasteiger partial charge in [-0.1, -0.05) is 5.16 Å². The molecule has 20 nitrogen and oxygen atoms in total. The van der Waals surface area contributed by atoms with Gasteiger partial charge in [0.2, 0.25) is 0 Å². The Hall–Kier alpha value is -5.06. The van der Waals surface area contributed by atoms with Gasteiger partial charge >= 0.3 is 22.6 Å². The maximum atomic E-state index is 13.5. The fourth-order valence-electron chi connectivity index (χ4n) is 5.75. The van der Waals surface area contributed by atoms with Gasteiger partial charge in [0, 0.05) is 30.6 Å². The van der Waals surface area contributed by atoms with Crippen molar-refractivity contribution < 1.29 is 55.5 Å². The van der Waals surface area contributed by atoms with E-state index in [9.17, 15) is 27.6 Å². The third-order valence-electron chi connectivity index (χ3n) is 8.22. The molecule has 2 aliphatic heterocycles. The maximum Gasteiger partial charge on any atom is 0.418 e. The van der Waals surface area contributed by atoms with Crippen molar-refractivity contribution >= 4 is 62.2 Å². The van der Waals surface area contributed by atoms with Crippen molar-refractivity contribution in [1.29, 1.82) is 0 Å². The van der Waals surface area contributed by atoms with Crippen LogP contribution in [0.1, 0.15) is 85.5 Å². The zero-order valence-corrected chi connectivity index (χ0v) is 33.9. The summed E-state index contributed by atoms with van der Waals surface area (Å²) in [6.07, 6.45) is 4.24. The van der Waals surface area contributed by atoms with Gasteiger partial charge in [-0.3, -0.25) is 19.5 Å². The van der Waals surface area contributed by atoms with E-state index in [-0.39, 0.29) is 41.8 Å². The SMILES string of the molecule is CC(C)(C)OC(=O)Nc1nc(/C(=N/OCCOc2ccc3nc(C4CCCN(C(=O)OC(C)(C)C)C4)cn3c2)C(=O)N[C@@H]2C(=O)N(OS(=O)(=O)O)C2(C)C)cs1. The first-order valence-corrected chi connectivity index (χ1v) is 19.8. The number of nitrogens with one attached hydrogen (secondary N) is 2. The predicted molar refractivity (Wildman–Crippen MR) is 200 cm³/mol. The number of oxime groups is 1. The fraction of sp³-hybridized carbons (Fsp3) is 0.559. The Morgan fingerprint density at radius 1 is 1.05 bits per heavy atom. The van der Waals surface area contributed by atoms with Crippen LogP contribution in [0.5, 0.6) is 5.75 Å². The van der Waals surface area contributed by atoms with E-state index >= 15 is 0 Å². The molecule has 0 bridgehead atoms. The molecule has 3 aromatic heterocycles. The van der Waals surface area contributed by atoms with E-state index in [4.69, 9.17) is 28.6 Å². The molecule has 1 unspecified atom stereocenters. The molecule has 2 saturated heterocycles. The van der Waals surface area contributed by atoms with Crippen LogP contribution in [0.15, 0.2) is 35.1 Å². The Kier molecular flexibility index (Phi) is 12.2. The van der Waals surface area contributed by atoms with E-state index in [1.807, 2.05) is 31.4 Å². The average Bonchev–Trinajstić information content (AvgIpc) is 3.72. The van der Waals surface area contributed by atoms with Gasteiger partial charge < -0.3 is 33.7 Å². The Morgan fingerprint density at radius 2 is 1.77 bits per heavy atom. The molecule has 0 aliphatic carbocycles. The highest BCUT2D eigenvalue weighted by molar-refractivity contribution is 7.80. The smallest absolute Gasteiger partial charge is 0.418 e. The van der Waals surface area contributed by atoms with E-state index in [1.165, 1.54) is 19.2 Å². The molecule has 0 radical (unpaired) electrons. The second-order valence-corrected chi connectivity index (χ2v) is 17.4. The van der Waals surface area contributed by atoms with Gasteiger partial charge in [0.25, 0.3) is 11.8 Å². The minimum absolute atomic E-state index is 0.00246. The summed E-state index contributed by atoms with van der Waals surface area (Å²) in [6.45, 7) is 14.4. The molecule has 56 heavy (non-hydrogen) atoms. The second-order valence-electron chi connectivity index (χ2n) is 15.5. The molecule has 0 spiro atoms. The number of pyridine rings is 1. The summed E-state index contributed by atoms with van der Waals surface area (Å²) in [5, 5.41) is 10.8. The zero-order valence-electron chi connectivity index (χ0n) is 32.2. The topological polar surface area (TPSA) is 242 Å². The molecule has 22 heteroatoms. The first-order chi connectivity index (χ1) is 26.0. The number of ether oxygens (including phenoxy) is 3. The van der Waals surface area contributed by atoms with Crippen molar-refractivity contribution in [2.45, 2.75) is 96.9 Å². The number of fused-ring (bicyclic) bond motifs is 1. The lowest BCUT2D eigenvalue weighted by Gasteiger charge is -2.50. The Balaban J connectivity index is 1.23. The summed E-state index contributed by atoms with van der Waals surface area (Å²) in [6, 6.07) is 2.25. The van der Waals surface area contributed by atoms with Crippen LogP contribution < -0.4 is 15.4 Å². The van der Waals surface area contributed by atoms with Crippen molar-refractivity contribution in [3.05, 3.63) is 41.3 Å². The molecule has 5 heterocycles. The van der Waals surface area contributed by atoms with Crippen molar-refractivity contribution in [2.75, 3.05) is 31.6 Å². The quantitative estimate of drug-likeness (QED) is 0.0772. The minimum Gasteiger partial charge on any atom is -0.488 e. The molecule has 3 N–H and O–H groups in total. The molecule has 2 fully saturated rings. The highest BCUT2D eigenvalue weighted by Gasteiger charge is 2.58. The number of thiazole rings is 1. The summed E-state index contributed by atoms with van der Waals surface area (Å²) >= 11 is 0.967. The summed E-state index contributed by atoms with van der Waals surface area (Å²) < 4.78 is 54.4. The third kappa shape index (κ3) is 10.8. The number of hydroxylamine groups is 2. The molecule has 3 aromatic rings. The molecule has 0 aromatic carbocycles. The summed E-state index contributed by atoms with van der Waals surface area (Å²) in [4.78, 5) is 67.3. The van der Waals surface area contributed by atoms with E-state index in [1.54, 1.807) is 44.0 Å². The van der Waals surface area contributed by atoms with Crippen LogP contribution in [-0.4, -0.2) is 116 Å². The summed E-state index contributed by atoms with van der Waals surface area (Å²) in [7, 11) is -5.02. The van der Waals surface area contributed by atoms with Crippen molar-refractivity contribution in [2.24, 2.45) is 5.16 Å². The number of hydrogen-bond donors (Lipinski definition) is 3. The lowest BCUT2D eigenvalue weighted by molar-refractivity contribution is -0.218.